The molecule has 3 aliphatic carbocycles. The highest BCUT2D eigenvalue weighted by molar-refractivity contribution is 5.89. The van der Waals surface area contributed by atoms with Crippen LogP contribution in [-0.4, -0.2) is 33.8 Å². The van der Waals surface area contributed by atoms with Gasteiger partial charge in [0.2, 0.25) is 0 Å². The number of rotatable bonds is 2. The van der Waals surface area contributed by atoms with E-state index in [1.54, 1.807) is 0 Å². The molecule has 5 heteroatoms. The molecule has 2 bridgehead atoms. The summed E-state index contributed by atoms with van der Waals surface area (Å²) >= 11 is 0. The Labute approximate surface area is 214 Å². The van der Waals surface area contributed by atoms with Gasteiger partial charge in [0.25, 0.3) is 0 Å². The van der Waals surface area contributed by atoms with Crippen molar-refractivity contribution in [3.05, 3.63) is 0 Å². The maximum atomic E-state index is 13.9. The number of ether oxygens (including phenoxy) is 2. The number of aliphatic hydroxyl groups is 1. The first kappa shape index (κ1) is 28.5. The molecule has 0 heterocycles. The van der Waals surface area contributed by atoms with E-state index >= 15 is 0 Å². The number of carbonyl (C=O) groups excluding carboxylic acids is 2. The number of hydrogen-bond donors (Lipinski definition) is 1. The van der Waals surface area contributed by atoms with Crippen molar-refractivity contribution in [1.82, 2.24) is 0 Å². The van der Waals surface area contributed by atoms with Gasteiger partial charge < -0.3 is 14.6 Å². The lowest BCUT2D eigenvalue weighted by molar-refractivity contribution is -0.241. The highest BCUT2D eigenvalue weighted by Gasteiger charge is 2.69. The topological polar surface area (TPSA) is 72.8 Å². The minimum Gasteiger partial charge on any atom is -0.460 e. The molecule has 3 saturated carbocycles. The highest BCUT2D eigenvalue weighted by Crippen LogP contribution is 2.64. The molecule has 2 unspecified atom stereocenters. The fraction of sp³-hybridized carbons (Fsp3) is 0.933. The second-order valence-corrected chi connectivity index (χ2v) is 15.0. The van der Waals surface area contributed by atoms with Gasteiger partial charge in [-0.2, -0.15) is 0 Å². The Bertz CT molecular complexity index is 818. The molecule has 0 aliphatic heterocycles. The Hall–Kier alpha value is -1.10. The average molecular weight is 493 g/mol. The maximum Gasteiger partial charge on any atom is 0.340 e. The van der Waals surface area contributed by atoms with E-state index in [2.05, 4.69) is 34.6 Å². The lowest BCUT2D eigenvalue weighted by Crippen LogP contribution is -2.69. The quantitative estimate of drug-likeness (QED) is 0.442. The van der Waals surface area contributed by atoms with Crippen LogP contribution in [-0.2, 0) is 19.1 Å². The fourth-order valence-corrected chi connectivity index (χ4v) is 8.17. The van der Waals surface area contributed by atoms with E-state index in [-0.39, 0.29) is 17.3 Å². The van der Waals surface area contributed by atoms with Crippen molar-refractivity contribution < 1.29 is 24.2 Å². The van der Waals surface area contributed by atoms with Crippen LogP contribution in [0.4, 0.5) is 0 Å². The van der Waals surface area contributed by atoms with Crippen LogP contribution in [0.2, 0.25) is 0 Å². The Morgan fingerprint density at radius 2 is 1.37 bits per heavy atom. The van der Waals surface area contributed by atoms with Crippen molar-refractivity contribution in [3.63, 3.8) is 0 Å². The summed E-state index contributed by atoms with van der Waals surface area (Å²) in [7, 11) is 0. The van der Waals surface area contributed by atoms with Crippen LogP contribution in [0.5, 0.6) is 0 Å². The standard InChI is InChI=1S/C30H52O5/c1-18-12-13-20-17-22-19(2)16-23(24(31)34-26(3,4)5)30(33,25(32)35-27(6,7)8)29(22,11)15-14-21(18)28(20,9)10/h18-23,33H,12-17H2,1-11H3/t18-,19-,20+,21+,22-,23?,29+,30?/m1/s1. The summed E-state index contributed by atoms with van der Waals surface area (Å²) in [6, 6.07) is 0. The molecule has 202 valence electrons. The monoisotopic (exact) mass is 492 g/mol. The number of fused-ring (bicyclic) bond motifs is 3. The van der Waals surface area contributed by atoms with E-state index in [1.165, 1.54) is 12.8 Å². The van der Waals surface area contributed by atoms with Crippen molar-refractivity contribution in [2.75, 3.05) is 0 Å². The SMILES string of the molecule is C[C@@H]1CC(C(=O)OC(C)(C)C)C(O)(C(=O)OC(C)(C)C)[C@@]2(C)CC[C@H]3[C@H](C)CC[C@@H](C[C@H]12)C3(C)C. The van der Waals surface area contributed by atoms with Crippen LogP contribution in [0.25, 0.3) is 0 Å². The predicted molar refractivity (Wildman–Crippen MR) is 139 cm³/mol. The molecule has 8 atom stereocenters. The van der Waals surface area contributed by atoms with Crippen LogP contribution < -0.4 is 0 Å². The average Bonchev–Trinajstić information content (AvgIpc) is 2.66. The van der Waals surface area contributed by atoms with Crippen LogP contribution in [0.3, 0.4) is 0 Å². The number of hydrogen-bond acceptors (Lipinski definition) is 5. The van der Waals surface area contributed by atoms with Crippen LogP contribution >= 0.6 is 0 Å². The zero-order valence-corrected chi connectivity index (χ0v) is 24.3. The summed E-state index contributed by atoms with van der Waals surface area (Å²) in [5.41, 5.74) is -3.96. The van der Waals surface area contributed by atoms with Crippen LogP contribution in [0.15, 0.2) is 0 Å². The second-order valence-electron chi connectivity index (χ2n) is 15.0. The first-order valence-corrected chi connectivity index (χ1v) is 13.9. The third-order valence-electron chi connectivity index (χ3n) is 10.1. The van der Waals surface area contributed by atoms with Gasteiger partial charge in [-0.15, -0.1) is 0 Å². The molecule has 0 aromatic carbocycles. The van der Waals surface area contributed by atoms with Gasteiger partial charge in [0.05, 0.1) is 5.92 Å². The Kier molecular flexibility index (Phi) is 7.34. The van der Waals surface area contributed by atoms with Crippen molar-refractivity contribution in [1.29, 1.82) is 0 Å². The molecular formula is C30H52O5. The van der Waals surface area contributed by atoms with Gasteiger partial charge in [0, 0.05) is 5.41 Å². The first-order chi connectivity index (χ1) is 15.7. The molecule has 1 N–H and O–H groups in total. The zero-order chi connectivity index (χ0) is 26.8. The molecule has 3 aliphatic rings. The van der Waals surface area contributed by atoms with Crippen molar-refractivity contribution in [3.8, 4) is 0 Å². The highest BCUT2D eigenvalue weighted by atomic mass is 16.6. The summed E-state index contributed by atoms with van der Waals surface area (Å²) in [5, 5.41) is 12.6. The summed E-state index contributed by atoms with van der Waals surface area (Å²) in [4.78, 5) is 27.5. The van der Waals surface area contributed by atoms with Crippen molar-refractivity contribution >= 4 is 11.9 Å². The van der Waals surface area contributed by atoms with Gasteiger partial charge in [-0.05, 0) is 109 Å². The van der Waals surface area contributed by atoms with E-state index in [4.69, 9.17) is 9.47 Å². The molecule has 3 fully saturated rings. The largest absolute Gasteiger partial charge is 0.460 e. The molecule has 0 spiro atoms. The van der Waals surface area contributed by atoms with Gasteiger partial charge in [0.1, 0.15) is 11.2 Å². The van der Waals surface area contributed by atoms with E-state index in [1.807, 2.05) is 41.5 Å². The Balaban J connectivity index is 2.14. The molecule has 0 aromatic rings. The smallest absolute Gasteiger partial charge is 0.340 e. The summed E-state index contributed by atoms with van der Waals surface area (Å²) in [6.45, 7) is 22.4. The molecule has 35 heavy (non-hydrogen) atoms. The summed E-state index contributed by atoms with van der Waals surface area (Å²) in [5.74, 6) is -0.122. The van der Waals surface area contributed by atoms with E-state index < -0.39 is 40.1 Å². The number of esters is 2. The van der Waals surface area contributed by atoms with Gasteiger partial charge in [-0.1, -0.05) is 41.0 Å². The van der Waals surface area contributed by atoms with Crippen molar-refractivity contribution in [2.45, 2.75) is 131 Å². The molecule has 3 rings (SSSR count). The van der Waals surface area contributed by atoms with Gasteiger partial charge in [-0.25, -0.2) is 4.79 Å². The third-order valence-corrected chi connectivity index (χ3v) is 10.1. The van der Waals surface area contributed by atoms with E-state index in [9.17, 15) is 14.7 Å². The van der Waals surface area contributed by atoms with Gasteiger partial charge in [-0.3, -0.25) is 4.79 Å². The lowest BCUT2D eigenvalue weighted by atomic mass is 9.44. The minimum absolute atomic E-state index is 0.123. The summed E-state index contributed by atoms with van der Waals surface area (Å²) in [6.07, 6.45) is 5.47. The molecule has 5 nitrogen and oxygen atoms in total. The van der Waals surface area contributed by atoms with Crippen LogP contribution in [0.1, 0.15) is 115 Å². The van der Waals surface area contributed by atoms with E-state index in [0.29, 0.717) is 30.6 Å². The molecular weight excluding hydrogens is 440 g/mol. The third kappa shape index (κ3) is 5.05. The molecule has 0 saturated heterocycles. The fourth-order valence-electron chi connectivity index (χ4n) is 8.17. The maximum absolute atomic E-state index is 13.9. The van der Waals surface area contributed by atoms with Gasteiger partial charge >= 0.3 is 11.9 Å². The summed E-state index contributed by atoms with van der Waals surface area (Å²) < 4.78 is 11.7. The minimum atomic E-state index is -1.93. The molecule has 0 aromatic heterocycles. The van der Waals surface area contributed by atoms with Crippen LogP contribution in [0, 0.1) is 46.3 Å². The zero-order valence-electron chi connectivity index (χ0n) is 24.3. The second kappa shape index (κ2) is 9.03. The normalized spacial score (nSPS) is 41.7. The Morgan fingerprint density at radius 3 is 1.91 bits per heavy atom. The molecule has 0 amide bonds. The predicted octanol–water partition coefficient (Wildman–Crippen LogP) is 6.55. The van der Waals surface area contributed by atoms with Crippen molar-refractivity contribution in [2.24, 2.45) is 46.3 Å². The number of carbonyl (C=O) groups is 2. The Morgan fingerprint density at radius 1 is 0.800 bits per heavy atom. The molecule has 0 radical (unpaired) electrons. The van der Waals surface area contributed by atoms with E-state index in [0.717, 1.165) is 12.8 Å². The first-order valence-electron chi connectivity index (χ1n) is 13.9. The lowest BCUT2D eigenvalue weighted by Gasteiger charge is -2.62. The van der Waals surface area contributed by atoms with Gasteiger partial charge in [0.15, 0.2) is 5.60 Å².